The number of aliphatic hydroxyl groups excluding tert-OH is 1. The minimum absolute atomic E-state index is 0.0188. The summed E-state index contributed by atoms with van der Waals surface area (Å²) in [5.74, 6) is 1.73. The van der Waals surface area contributed by atoms with Crippen LogP contribution in [0.2, 0.25) is 0 Å². The fraction of sp³-hybridized carbons (Fsp3) is 0.522. The van der Waals surface area contributed by atoms with Crippen molar-refractivity contribution in [1.82, 2.24) is 15.3 Å². The molecule has 2 fully saturated rings. The van der Waals surface area contributed by atoms with Gasteiger partial charge in [0.2, 0.25) is 5.91 Å². The van der Waals surface area contributed by atoms with Gasteiger partial charge in [-0.05, 0) is 56.7 Å². The zero-order valence-corrected chi connectivity index (χ0v) is 17.5. The van der Waals surface area contributed by atoms with Crippen LogP contribution in [0.25, 0.3) is 11.1 Å². The van der Waals surface area contributed by atoms with E-state index in [0.29, 0.717) is 12.3 Å². The number of amides is 1. The summed E-state index contributed by atoms with van der Waals surface area (Å²) in [5.41, 5.74) is 1.94. The first-order valence-corrected chi connectivity index (χ1v) is 10.8. The van der Waals surface area contributed by atoms with Crippen LogP contribution in [-0.2, 0) is 4.79 Å². The summed E-state index contributed by atoms with van der Waals surface area (Å²) in [6.07, 6.45) is 10.3. The van der Waals surface area contributed by atoms with Gasteiger partial charge in [-0.2, -0.15) is 0 Å². The summed E-state index contributed by atoms with van der Waals surface area (Å²) in [6.45, 7) is 1.60. The van der Waals surface area contributed by atoms with Crippen molar-refractivity contribution in [3.05, 3.63) is 36.8 Å². The quantitative estimate of drug-likeness (QED) is 0.788. The van der Waals surface area contributed by atoms with Gasteiger partial charge in [0.15, 0.2) is 0 Å². The maximum absolute atomic E-state index is 12.8. The molecule has 2 N–H and O–H groups in total. The number of piperidine rings is 1. The lowest BCUT2D eigenvalue weighted by Gasteiger charge is -2.34. The first kappa shape index (κ1) is 20.6. The number of anilines is 1. The van der Waals surface area contributed by atoms with Gasteiger partial charge in [-0.25, -0.2) is 4.98 Å². The van der Waals surface area contributed by atoms with E-state index >= 15 is 0 Å². The molecule has 1 aliphatic carbocycles. The van der Waals surface area contributed by atoms with Gasteiger partial charge >= 0.3 is 0 Å². The zero-order valence-electron chi connectivity index (χ0n) is 17.5. The minimum Gasteiger partial charge on any atom is -0.495 e. The molecular formula is C23H30N4O3. The van der Waals surface area contributed by atoms with Crippen LogP contribution < -0.4 is 15.0 Å². The molecule has 1 saturated heterocycles. The van der Waals surface area contributed by atoms with Crippen LogP contribution in [0.4, 0.5) is 5.82 Å². The van der Waals surface area contributed by atoms with Gasteiger partial charge in [0, 0.05) is 42.7 Å². The molecule has 160 valence electrons. The maximum atomic E-state index is 12.8. The number of nitrogens with one attached hydrogen (secondary N) is 1. The highest BCUT2D eigenvalue weighted by Gasteiger charge is 2.29. The van der Waals surface area contributed by atoms with Gasteiger partial charge < -0.3 is 20.1 Å². The number of aliphatic hydroxyl groups is 1. The second kappa shape index (κ2) is 9.43. The Morgan fingerprint density at radius 3 is 2.70 bits per heavy atom. The van der Waals surface area contributed by atoms with Crippen LogP contribution in [0.3, 0.4) is 0 Å². The largest absolute Gasteiger partial charge is 0.495 e. The Kier molecular flexibility index (Phi) is 6.47. The van der Waals surface area contributed by atoms with Gasteiger partial charge in [-0.15, -0.1) is 0 Å². The predicted molar refractivity (Wildman–Crippen MR) is 115 cm³/mol. The normalized spacial score (nSPS) is 24.3. The smallest absolute Gasteiger partial charge is 0.225 e. The number of ether oxygens (including phenoxy) is 1. The molecule has 0 bridgehead atoms. The standard InChI is InChI=1S/C23H30N4O3/c1-30-21-11-18(12-24-14-21)16-4-9-22(25-13-16)27-10-2-3-17(15-27)23(29)26-19-5-7-20(28)8-6-19/h4,9,11-14,17,19-20,28H,2-3,5-8,10,15H2,1H3,(H,26,29). The van der Waals surface area contributed by atoms with Crippen molar-refractivity contribution in [2.75, 3.05) is 25.1 Å². The van der Waals surface area contributed by atoms with Gasteiger partial charge in [0.1, 0.15) is 11.6 Å². The Labute approximate surface area is 177 Å². The molecule has 7 nitrogen and oxygen atoms in total. The average molecular weight is 411 g/mol. The number of aromatic nitrogens is 2. The third kappa shape index (κ3) is 4.90. The first-order chi connectivity index (χ1) is 14.6. The molecule has 1 unspecified atom stereocenters. The summed E-state index contributed by atoms with van der Waals surface area (Å²) in [6, 6.07) is 6.19. The molecule has 0 spiro atoms. The van der Waals surface area contributed by atoms with Crippen LogP contribution >= 0.6 is 0 Å². The fourth-order valence-corrected chi connectivity index (χ4v) is 4.37. The number of nitrogens with zero attached hydrogens (tertiary/aromatic N) is 3. The lowest BCUT2D eigenvalue weighted by Crippen LogP contribution is -2.47. The molecular weight excluding hydrogens is 380 g/mol. The van der Waals surface area contributed by atoms with Crippen LogP contribution in [-0.4, -0.2) is 53.3 Å². The first-order valence-electron chi connectivity index (χ1n) is 10.8. The Hall–Kier alpha value is -2.67. The van der Waals surface area contributed by atoms with Gasteiger partial charge in [-0.1, -0.05) is 0 Å². The third-order valence-electron chi connectivity index (χ3n) is 6.19. The molecule has 1 amide bonds. The van der Waals surface area contributed by atoms with Crippen molar-refractivity contribution in [2.45, 2.75) is 50.7 Å². The van der Waals surface area contributed by atoms with E-state index in [9.17, 15) is 9.90 Å². The Balaban J connectivity index is 1.37. The van der Waals surface area contributed by atoms with E-state index in [1.165, 1.54) is 0 Å². The lowest BCUT2D eigenvalue weighted by atomic mass is 9.91. The van der Waals surface area contributed by atoms with Crippen molar-refractivity contribution in [3.63, 3.8) is 0 Å². The molecule has 0 radical (unpaired) electrons. The molecule has 2 aliphatic rings. The van der Waals surface area contributed by atoms with E-state index < -0.39 is 0 Å². The average Bonchev–Trinajstić information content (AvgIpc) is 2.81. The van der Waals surface area contributed by atoms with Crippen molar-refractivity contribution >= 4 is 11.7 Å². The molecule has 1 atom stereocenters. The summed E-state index contributed by atoms with van der Waals surface area (Å²) < 4.78 is 5.25. The van der Waals surface area contributed by atoms with Crippen LogP contribution in [0.5, 0.6) is 5.75 Å². The number of hydrogen-bond acceptors (Lipinski definition) is 6. The van der Waals surface area contributed by atoms with Crippen molar-refractivity contribution in [3.8, 4) is 16.9 Å². The molecule has 1 saturated carbocycles. The summed E-state index contributed by atoms with van der Waals surface area (Å²) >= 11 is 0. The molecule has 30 heavy (non-hydrogen) atoms. The molecule has 3 heterocycles. The molecule has 0 aromatic carbocycles. The Morgan fingerprint density at radius 2 is 1.97 bits per heavy atom. The monoisotopic (exact) mass is 410 g/mol. The predicted octanol–water partition coefficient (Wildman–Crippen LogP) is 2.79. The highest BCUT2D eigenvalue weighted by atomic mass is 16.5. The van der Waals surface area contributed by atoms with E-state index in [-0.39, 0.29) is 24.0 Å². The van der Waals surface area contributed by atoms with Crippen LogP contribution in [0.1, 0.15) is 38.5 Å². The molecule has 4 rings (SSSR count). The maximum Gasteiger partial charge on any atom is 0.225 e. The molecule has 2 aromatic rings. The molecule has 7 heteroatoms. The van der Waals surface area contributed by atoms with Crippen molar-refractivity contribution < 1.29 is 14.6 Å². The van der Waals surface area contributed by atoms with Gasteiger partial charge in [-0.3, -0.25) is 9.78 Å². The highest BCUT2D eigenvalue weighted by molar-refractivity contribution is 5.80. The summed E-state index contributed by atoms with van der Waals surface area (Å²) in [4.78, 5) is 23.8. The second-order valence-electron chi connectivity index (χ2n) is 8.32. The van der Waals surface area contributed by atoms with Crippen LogP contribution in [0, 0.1) is 5.92 Å². The lowest BCUT2D eigenvalue weighted by molar-refractivity contribution is -0.126. The van der Waals surface area contributed by atoms with Crippen LogP contribution in [0.15, 0.2) is 36.8 Å². The van der Waals surface area contributed by atoms with Gasteiger partial charge in [0.05, 0.1) is 25.3 Å². The van der Waals surface area contributed by atoms with Crippen molar-refractivity contribution in [2.24, 2.45) is 5.92 Å². The summed E-state index contributed by atoms with van der Waals surface area (Å²) in [7, 11) is 1.63. The fourth-order valence-electron chi connectivity index (χ4n) is 4.37. The highest BCUT2D eigenvalue weighted by Crippen LogP contribution is 2.26. The number of hydrogen-bond donors (Lipinski definition) is 2. The number of carbonyl (C=O) groups excluding carboxylic acids is 1. The summed E-state index contributed by atoms with van der Waals surface area (Å²) in [5, 5.41) is 12.9. The van der Waals surface area contributed by atoms with E-state index in [4.69, 9.17) is 4.74 Å². The van der Waals surface area contributed by atoms with Gasteiger partial charge in [0.25, 0.3) is 0 Å². The van der Waals surface area contributed by atoms with E-state index in [2.05, 4.69) is 20.2 Å². The number of pyridine rings is 2. The third-order valence-corrected chi connectivity index (χ3v) is 6.19. The van der Waals surface area contributed by atoms with Crippen molar-refractivity contribution in [1.29, 1.82) is 0 Å². The number of carbonyl (C=O) groups is 1. The topological polar surface area (TPSA) is 87.6 Å². The SMILES string of the molecule is COc1cncc(-c2ccc(N3CCCC(C(=O)NC4CCC(O)CC4)C3)nc2)c1. The van der Waals surface area contributed by atoms with E-state index in [1.807, 2.05) is 24.4 Å². The molecule has 1 aliphatic heterocycles. The second-order valence-corrected chi connectivity index (χ2v) is 8.32. The Morgan fingerprint density at radius 1 is 1.13 bits per heavy atom. The number of methoxy groups -OCH3 is 1. The zero-order chi connectivity index (χ0) is 20.9. The number of rotatable bonds is 5. The molecule has 2 aromatic heterocycles. The Bertz CT molecular complexity index is 850. The minimum atomic E-state index is -0.204. The van der Waals surface area contributed by atoms with E-state index in [0.717, 1.165) is 62.0 Å². The van der Waals surface area contributed by atoms with E-state index in [1.54, 1.807) is 19.5 Å².